The zero-order valence-electron chi connectivity index (χ0n) is 16.7. The molecule has 0 saturated heterocycles. The number of amides is 2. The van der Waals surface area contributed by atoms with Crippen LogP contribution in [0.15, 0.2) is 6.20 Å². The van der Waals surface area contributed by atoms with Crippen LogP contribution in [0.25, 0.3) is 0 Å². The van der Waals surface area contributed by atoms with E-state index in [1.54, 1.807) is 11.1 Å². The summed E-state index contributed by atoms with van der Waals surface area (Å²) in [6.45, 7) is 7.03. The summed E-state index contributed by atoms with van der Waals surface area (Å²) in [5, 5.41) is 3.39. The van der Waals surface area contributed by atoms with Crippen LogP contribution in [0, 0.1) is 6.92 Å². The van der Waals surface area contributed by atoms with E-state index >= 15 is 0 Å². The number of rotatable bonds is 14. The molecule has 1 heterocycles. The lowest BCUT2D eigenvalue weighted by atomic mass is 10.1. The molecule has 0 aromatic carbocycles. The zero-order chi connectivity index (χ0) is 19.2. The topological polar surface area (TPSA) is 62.3 Å². The third-order valence-electron chi connectivity index (χ3n) is 4.33. The van der Waals surface area contributed by atoms with Crippen LogP contribution >= 0.6 is 11.3 Å². The molecule has 0 spiro atoms. The van der Waals surface area contributed by atoms with E-state index in [4.69, 9.17) is 0 Å². The second-order valence-corrected chi connectivity index (χ2v) is 8.10. The quantitative estimate of drug-likeness (QED) is 0.453. The monoisotopic (exact) mass is 381 g/mol. The molecule has 0 radical (unpaired) electrons. The summed E-state index contributed by atoms with van der Waals surface area (Å²) in [4.78, 5) is 31.7. The number of aromatic nitrogens is 1. The molecule has 0 aliphatic rings. The van der Waals surface area contributed by atoms with Crippen LogP contribution in [-0.4, -0.2) is 34.8 Å². The van der Waals surface area contributed by atoms with Gasteiger partial charge in [-0.1, -0.05) is 58.8 Å². The van der Waals surface area contributed by atoms with E-state index < -0.39 is 0 Å². The Labute approximate surface area is 162 Å². The van der Waals surface area contributed by atoms with Crippen molar-refractivity contribution < 1.29 is 9.59 Å². The predicted octanol–water partition coefficient (Wildman–Crippen LogP) is 5.16. The van der Waals surface area contributed by atoms with Gasteiger partial charge in [0.05, 0.1) is 6.54 Å². The molecular weight excluding hydrogens is 346 g/mol. The van der Waals surface area contributed by atoms with Crippen molar-refractivity contribution in [1.29, 1.82) is 0 Å². The number of nitrogens with zero attached hydrogens (tertiary/aromatic N) is 2. The van der Waals surface area contributed by atoms with Crippen molar-refractivity contribution in [1.82, 2.24) is 9.88 Å². The normalized spacial score (nSPS) is 10.7. The number of hydrogen-bond donors (Lipinski definition) is 1. The minimum Gasteiger partial charge on any atom is -0.333 e. The van der Waals surface area contributed by atoms with E-state index in [1.807, 2.05) is 6.92 Å². The van der Waals surface area contributed by atoms with Crippen LogP contribution in [0.4, 0.5) is 5.13 Å². The Morgan fingerprint density at radius 3 is 2.31 bits per heavy atom. The number of nitrogens with one attached hydrogen (secondary N) is 1. The van der Waals surface area contributed by atoms with Gasteiger partial charge in [-0.2, -0.15) is 0 Å². The van der Waals surface area contributed by atoms with Crippen LogP contribution in [-0.2, 0) is 9.59 Å². The molecule has 0 saturated carbocycles. The van der Waals surface area contributed by atoms with Crippen LogP contribution in [0.2, 0.25) is 0 Å². The van der Waals surface area contributed by atoms with Gasteiger partial charge >= 0.3 is 0 Å². The molecule has 1 N–H and O–H groups in total. The van der Waals surface area contributed by atoms with Gasteiger partial charge in [0.1, 0.15) is 0 Å². The summed E-state index contributed by atoms with van der Waals surface area (Å²) in [5.74, 6) is -0.0687. The summed E-state index contributed by atoms with van der Waals surface area (Å²) >= 11 is 1.45. The molecule has 0 unspecified atom stereocenters. The fourth-order valence-corrected chi connectivity index (χ4v) is 3.46. The zero-order valence-corrected chi connectivity index (χ0v) is 17.5. The summed E-state index contributed by atoms with van der Waals surface area (Å²) in [6, 6.07) is 0. The molecule has 0 aliphatic heterocycles. The Hall–Kier alpha value is -1.43. The molecule has 1 aromatic rings. The molecule has 0 bridgehead atoms. The van der Waals surface area contributed by atoms with Crippen LogP contribution in [0.3, 0.4) is 0 Å². The van der Waals surface area contributed by atoms with E-state index in [1.165, 1.54) is 43.4 Å². The second kappa shape index (κ2) is 13.7. The minimum atomic E-state index is -0.164. The van der Waals surface area contributed by atoms with Gasteiger partial charge in [0.2, 0.25) is 11.8 Å². The van der Waals surface area contributed by atoms with Crippen molar-refractivity contribution in [2.24, 2.45) is 0 Å². The molecule has 6 heteroatoms. The van der Waals surface area contributed by atoms with Crippen molar-refractivity contribution in [3.05, 3.63) is 11.1 Å². The van der Waals surface area contributed by atoms with Gasteiger partial charge in [0, 0.05) is 24.0 Å². The first-order valence-corrected chi connectivity index (χ1v) is 10.9. The molecule has 0 atom stereocenters. The Kier molecular flexibility index (Phi) is 11.9. The molecule has 148 valence electrons. The second-order valence-electron chi connectivity index (χ2n) is 6.86. The highest BCUT2D eigenvalue weighted by atomic mass is 32.1. The molecular formula is C20H35N3O2S. The SMILES string of the molecule is CCCCCCCCCC(=O)N(CCCC)CC(=O)Nc1ncc(C)s1. The highest BCUT2D eigenvalue weighted by molar-refractivity contribution is 7.15. The van der Waals surface area contributed by atoms with Crippen molar-refractivity contribution in [2.75, 3.05) is 18.4 Å². The lowest BCUT2D eigenvalue weighted by Gasteiger charge is -2.22. The first-order valence-electron chi connectivity index (χ1n) is 10.1. The van der Waals surface area contributed by atoms with E-state index in [-0.39, 0.29) is 18.4 Å². The van der Waals surface area contributed by atoms with E-state index in [0.717, 1.165) is 30.6 Å². The number of hydrogen-bond acceptors (Lipinski definition) is 4. The average molecular weight is 382 g/mol. The van der Waals surface area contributed by atoms with E-state index in [0.29, 0.717) is 18.1 Å². The van der Waals surface area contributed by atoms with Crippen LogP contribution < -0.4 is 5.32 Å². The molecule has 5 nitrogen and oxygen atoms in total. The summed E-state index contributed by atoms with van der Waals surface area (Å²) in [6.07, 6.45) is 12.5. The lowest BCUT2D eigenvalue weighted by Crippen LogP contribution is -2.38. The van der Waals surface area contributed by atoms with E-state index in [9.17, 15) is 9.59 Å². The first kappa shape index (κ1) is 22.6. The molecule has 1 aromatic heterocycles. The van der Waals surface area contributed by atoms with Gasteiger partial charge in [0.15, 0.2) is 5.13 Å². The molecule has 0 aliphatic carbocycles. The average Bonchev–Trinajstić information content (AvgIpc) is 3.02. The Morgan fingerprint density at radius 1 is 1.04 bits per heavy atom. The molecule has 0 fully saturated rings. The molecule has 26 heavy (non-hydrogen) atoms. The van der Waals surface area contributed by atoms with Gasteiger partial charge in [-0.3, -0.25) is 9.59 Å². The predicted molar refractivity (Wildman–Crippen MR) is 110 cm³/mol. The number of aryl methyl sites for hydroxylation is 1. The van der Waals surface area contributed by atoms with Gasteiger partial charge in [-0.05, 0) is 19.8 Å². The third kappa shape index (κ3) is 9.90. The first-order chi connectivity index (χ1) is 12.6. The highest BCUT2D eigenvalue weighted by Gasteiger charge is 2.17. The summed E-state index contributed by atoms with van der Waals surface area (Å²) in [7, 11) is 0. The third-order valence-corrected chi connectivity index (χ3v) is 5.16. The number of anilines is 1. The number of thiazole rings is 1. The standard InChI is InChI=1S/C20H35N3O2S/c1-4-6-8-9-10-11-12-13-19(25)23(14-7-5-2)16-18(24)22-20-21-15-17(3)26-20/h15H,4-14,16H2,1-3H3,(H,21,22,24). The Morgan fingerprint density at radius 2 is 1.69 bits per heavy atom. The fraction of sp³-hybridized carbons (Fsp3) is 0.750. The summed E-state index contributed by atoms with van der Waals surface area (Å²) < 4.78 is 0. The number of carbonyl (C=O) groups excluding carboxylic acids is 2. The van der Waals surface area contributed by atoms with Crippen molar-refractivity contribution in [2.45, 2.75) is 85.0 Å². The molecule has 1 rings (SSSR count). The van der Waals surface area contributed by atoms with E-state index in [2.05, 4.69) is 24.1 Å². The minimum absolute atomic E-state index is 0.0949. The maximum absolute atomic E-state index is 12.5. The van der Waals surface area contributed by atoms with Gasteiger partial charge in [-0.15, -0.1) is 11.3 Å². The maximum atomic E-state index is 12.5. The van der Waals surface area contributed by atoms with Crippen molar-refractivity contribution >= 4 is 28.3 Å². The Balaban J connectivity index is 2.36. The van der Waals surface area contributed by atoms with Gasteiger partial charge in [-0.25, -0.2) is 4.98 Å². The molecule has 2 amide bonds. The maximum Gasteiger partial charge on any atom is 0.245 e. The van der Waals surface area contributed by atoms with Crippen molar-refractivity contribution in [3.8, 4) is 0 Å². The highest BCUT2D eigenvalue weighted by Crippen LogP contribution is 2.16. The van der Waals surface area contributed by atoms with Crippen molar-refractivity contribution in [3.63, 3.8) is 0 Å². The van der Waals surface area contributed by atoms with Crippen LogP contribution in [0.1, 0.15) is 82.9 Å². The largest absolute Gasteiger partial charge is 0.333 e. The lowest BCUT2D eigenvalue weighted by molar-refractivity contribution is -0.134. The Bertz CT molecular complexity index is 531. The van der Waals surface area contributed by atoms with Gasteiger partial charge < -0.3 is 10.2 Å². The smallest absolute Gasteiger partial charge is 0.245 e. The fourth-order valence-electron chi connectivity index (χ4n) is 2.78. The van der Waals surface area contributed by atoms with Crippen LogP contribution in [0.5, 0.6) is 0 Å². The van der Waals surface area contributed by atoms with Gasteiger partial charge in [0.25, 0.3) is 0 Å². The summed E-state index contributed by atoms with van der Waals surface area (Å²) in [5.41, 5.74) is 0. The number of carbonyl (C=O) groups is 2. The number of unbranched alkanes of at least 4 members (excludes halogenated alkanes) is 7.